The Kier molecular flexibility index (Phi) is 5.54. The molecule has 0 fully saturated rings. The third kappa shape index (κ3) is 4.26. The average molecular weight is 404 g/mol. The van der Waals surface area contributed by atoms with Gasteiger partial charge in [-0.25, -0.2) is 4.98 Å². The molecule has 146 valence electrons. The second-order valence-electron chi connectivity index (χ2n) is 5.76. The Morgan fingerprint density at radius 3 is 2.89 bits per heavy atom. The Balaban J connectivity index is 1.62. The largest absolute Gasteiger partial charge is 0.495 e. The molecule has 0 saturated heterocycles. The van der Waals surface area contributed by atoms with Crippen molar-refractivity contribution >= 4 is 39.5 Å². The van der Waals surface area contributed by atoms with E-state index < -0.39 is 22.9 Å². The van der Waals surface area contributed by atoms with Crippen LogP contribution < -0.4 is 10.1 Å². The third-order valence-electron chi connectivity index (χ3n) is 3.80. The second-order valence-corrected chi connectivity index (χ2v) is 6.64. The number of imidazole rings is 1. The smallest absolute Gasteiger partial charge is 0.312 e. The quantitative estimate of drug-likeness (QED) is 0.364. The van der Waals surface area contributed by atoms with E-state index in [1.54, 1.807) is 10.6 Å². The first-order chi connectivity index (χ1) is 13.4. The van der Waals surface area contributed by atoms with E-state index in [2.05, 4.69) is 10.3 Å². The number of fused-ring (bicyclic) bond motifs is 1. The predicted molar refractivity (Wildman–Crippen MR) is 101 cm³/mol. The SMILES string of the molecule is COc1ccc([N+](=O)[O-])cc1NC(=O)[C@@H](C)OC(=O)Cc1cn2ccsc2n1. The Bertz CT molecular complexity index is 1010. The Morgan fingerprint density at radius 1 is 1.43 bits per heavy atom. The third-order valence-corrected chi connectivity index (χ3v) is 4.57. The Labute approximate surface area is 162 Å². The van der Waals surface area contributed by atoms with Crippen molar-refractivity contribution < 1.29 is 24.0 Å². The van der Waals surface area contributed by atoms with Gasteiger partial charge in [-0.05, 0) is 13.0 Å². The molecule has 0 radical (unpaired) electrons. The number of nitrogens with zero attached hydrogens (tertiary/aromatic N) is 3. The molecular weight excluding hydrogens is 388 g/mol. The molecule has 10 nitrogen and oxygen atoms in total. The normalized spacial score (nSPS) is 11.8. The Morgan fingerprint density at radius 2 is 2.21 bits per heavy atom. The molecule has 1 aromatic carbocycles. The monoisotopic (exact) mass is 404 g/mol. The first-order valence-corrected chi connectivity index (χ1v) is 8.99. The van der Waals surface area contributed by atoms with Crippen molar-refractivity contribution in [3.8, 4) is 5.75 Å². The van der Waals surface area contributed by atoms with Crippen LogP contribution in [0.4, 0.5) is 11.4 Å². The number of methoxy groups -OCH3 is 1. The standard InChI is InChI=1S/C17H16N4O6S/c1-10(27-15(22)7-11-9-20-5-6-28-17(20)18-11)16(23)19-13-8-12(21(24)25)3-4-14(13)26-2/h3-6,8-10H,7H2,1-2H3,(H,19,23)/t10-/m1/s1. The number of carbonyl (C=O) groups excluding carboxylic acids is 2. The van der Waals surface area contributed by atoms with Gasteiger partial charge in [0.2, 0.25) is 0 Å². The minimum atomic E-state index is -1.11. The molecule has 2 heterocycles. The zero-order chi connectivity index (χ0) is 20.3. The number of esters is 1. The number of carbonyl (C=O) groups is 2. The van der Waals surface area contributed by atoms with Crippen molar-refractivity contribution in [2.45, 2.75) is 19.4 Å². The van der Waals surface area contributed by atoms with E-state index in [1.807, 2.05) is 11.6 Å². The van der Waals surface area contributed by atoms with Crippen LogP contribution in [0.3, 0.4) is 0 Å². The molecule has 0 spiro atoms. The molecule has 28 heavy (non-hydrogen) atoms. The topological polar surface area (TPSA) is 125 Å². The van der Waals surface area contributed by atoms with Crippen LogP contribution >= 0.6 is 11.3 Å². The molecule has 0 saturated carbocycles. The minimum Gasteiger partial charge on any atom is -0.495 e. The summed E-state index contributed by atoms with van der Waals surface area (Å²) in [7, 11) is 1.37. The zero-order valence-electron chi connectivity index (χ0n) is 14.9. The van der Waals surface area contributed by atoms with E-state index >= 15 is 0 Å². The summed E-state index contributed by atoms with van der Waals surface area (Å²) in [5.41, 5.74) is 0.434. The molecule has 2 aromatic heterocycles. The summed E-state index contributed by atoms with van der Waals surface area (Å²) < 4.78 is 12.0. The fraction of sp³-hybridized carbons (Fsp3) is 0.235. The molecule has 0 aliphatic carbocycles. The van der Waals surface area contributed by atoms with Gasteiger partial charge in [-0.15, -0.1) is 11.3 Å². The van der Waals surface area contributed by atoms with Crippen LogP contribution in [-0.4, -0.2) is 39.4 Å². The number of rotatable bonds is 7. The van der Waals surface area contributed by atoms with Crippen molar-refractivity contribution in [1.29, 1.82) is 0 Å². The predicted octanol–water partition coefficient (Wildman–Crippen LogP) is 2.43. The molecule has 0 aliphatic heterocycles. The van der Waals surface area contributed by atoms with E-state index in [0.29, 0.717) is 5.69 Å². The highest BCUT2D eigenvalue weighted by Crippen LogP contribution is 2.29. The summed E-state index contributed by atoms with van der Waals surface area (Å²) in [4.78, 5) is 39.8. The first-order valence-electron chi connectivity index (χ1n) is 8.11. The average Bonchev–Trinajstić information content (AvgIpc) is 3.22. The Hall–Kier alpha value is -3.47. The van der Waals surface area contributed by atoms with Crippen molar-refractivity contribution in [2.75, 3.05) is 12.4 Å². The van der Waals surface area contributed by atoms with Gasteiger partial charge in [0.15, 0.2) is 11.1 Å². The van der Waals surface area contributed by atoms with Crippen molar-refractivity contribution in [3.63, 3.8) is 0 Å². The lowest BCUT2D eigenvalue weighted by Crippen LogP contribution is -2.30. The molecule has 0 unspecified atom stereocenters. The van der Waals surface area contributed by atoms with Crippen LogP contribution in [0.15, 0.2) is 36.0 Å². The molecule has 0 aliphatic rings. The number of benzene rings is 1. The lowest BCUT2D eigenvalue weighted by molar-refractivity contribution is -0.384. The highest BCUT2D eigenvalue weighted by molar-refractivity contribution is 7.15. The number of thiazole rings is 1. The summed E-state index contributed by atoms with van der Waals surface area (Å²) in [5.74, 6) is -1.01. The maximum absolute atomic E-state index is 12.3. The van der Waals surface area contributed by atoms with E-state index in [4.69, 9.17) is 9.47 Å². The van der Waals surface area contributed by atoms with Gasteiger partial charge in [0, 0.05) is 29.9 Å². The summed E-state index contributed by atoms with van der Waals surface area (Å²) in [5, 5.41) is 15.3. The number of non-ortho nitro benzene ring substituents is 1. The van der Waals surface area contributed by atoms with E-state index in [9.17, 15) is 19.7 Å². The number of amides is 1. The van der Waals surface area contributed by atoms with Crippen LogP contribution in [0.2, 0.25) is 0 Å². The molecule has 1 amide bonds. The summed E-state index contributed by atoms with van der Waals surface area (Å²) in [6.07, 6.45) is 2.35. The number of ether oxygens (including phenoxy) is 2. The minimum absolute atomic E-state index is 0.0772. The number of hydrogen-bond acceptors (Lipinski definition) is 8. The molecular formula is C17H16N4O6S. The van der Waals surface area contributed by atoms with Gasteiger partial charge < -0.3 is 14.8 Å². The van der Waals surface area contributed by atoms with Gasteiger partial charge in [-0.1, -0.05) is 0 Å². The highest BCUT2D eigenvalue weighted by Gasteiger charge is 2.21. The van der Waals surface area contributed by atoms with Crippen LogP contribution in [0.1, 0.15) is 12.6 Å². The molecule has 3 aromatic rings. The van der Waals surface area contributed by atoms with Crippen molar-refractivity contribution in [3.05, 3.63) is 51.8 Å². The number of nitro benzene ring substituents is 1. The number of nitro groups is 1. The van der Waals surface area contributed by atoms with Gasteiger partial charge in [0.1, 0.15) is 5.75 Å². The van der Waals surface area contributed by atoms with Gasteiger partial charge in [-0.2, -0.15) is 0 Å². The molecule has 3 rings (SSSR count). The maximum atomic E-state index is 12.3. The van der Waals surface area contributed by atoms with E-state index in [-0.39, 0.29) is 23.5 Å². The summed E-state index contributed by atoms with van der Waals surface area (Å²) in [6, 6.07) is 3.80. The maximum Gasteiger partial charge on any atom is 0.312 e. The fourth-order valence-corrected chi connectivity index (χ4v) is 3.16. The molecule has 1 N–H and O–H groups in total. The molecule has 0 bridgehead atoms. The number of aromatic nitrogens is 2. The lowest BCUT2D eigenvalue weighted by atomic mass is 10.2. The molecule has 1 atom stereocenters. The lowest BCUT2D eigenvalue weighted by Gasteiger charge is -2.15. The van der Waals surface area contributed by atoms with Crippen LogP contribution in [-0.2, 0) is 20.7 Å². The van der Waals surface area contributed by atoms with Crippen LogP contribution in [0.5, 0.6) is 5.75 Å². The van der Waals surface area contributed by atoms with Crippen LogP contribution in [0, 0.1) is 10.1 Å². The summed E-state index contributed by atoms with van der Waals surface area (Å²) >= 11 is 1.44. The van der Waals surface area contributed by atoms with Gasteiger partial charge in [0.25, 0.3) is 11.6 Å². The highest BCUT2D eigenvalue weighted by atomic mass is 32.1. The van der Waals surface area contributed by atoms with Crippen LogP contribution in [0.25, 0.3) is 4.96 Å². The zero-order valence-corrected chi connectivity index (χ0v) is 15.8. The first kappa shape index (κ1) is 19.3. The fourth-order valence-electron chi connectivity index (χ4n) is 2.44. The van der Waals surface area contributed by atoms with Gasteiger partial charge in [-0.3, -0.25) is 24.1 Å². The van der Waals surface area contributed by atoms with E-state index in [1.165, 1.54) is 43.6 Å². The van der Waals surface area contributed by atoms with Gasteiger partial charge in [0.05, 0.1) is 29.8 Å². The number of anilines is 1. The van der Waals surface area contributed by atoms with Crippen molar-refractivity contribution in [2.24, 2.45) is 0 Å². The van der Waals surface area contributed by atoms with Crippen molar-refractivity contribution in [1.82, 2.24) is 9.38 Å². The number of hydrogen-bond donors (Lipinski definition) is 1. The van der Waals surface area contributed by atoms with E-state index in [0.717, 1.165) is 4.96 Å². The second kappa shape index (κ2) is 8.05. The molecule has 11 heteroatoms. The number of nitrogens with one attached hydrogen (secondary N) is 1. The summed E-state index contributed by atoms with van der Waals surface area (Å²) in [6.45, 7) is 1.41. The van der Waals surface area contributed by atoms with Gasteiger partial charge >= 0.3 is 5.97 Å².